The van der Waals surface area contributed by atoms with E-state index < -0.39 is 0 Å². The zero-order valence-corrected chi connectivity index (χ0v) is 11.1. The number of amides is 1. The summed E-state index contributed by atoms with van der Waals surface area (Å²) in [6, 6.07) is 0. The monoisotopic (exact) mass is 229 g/mol. The molecule has 0 saturated heterocycles. The Morgan fingerprint density at radius 3 is 2.00 bits per heavy atom. The first-order valence-electron chi connectivity index (χ1n) is 5.95. The maximum absolute atomic E-state index is 10.6. The van der Waals surface area contributed by atoms with Crippen LogP contribution in [-0.4, -0.2) is 24.2 Å². The Morgan fingerprint density at radius 2 is 1.75 bits per heavy atom. The van der Waals surface area contributed by atoms with Crippen LogP contribution in [0.2, 0.25) is 0 Å². The molecule has 0 radical (unpaired) electrons. The van der Waals surface area contributed by atoms with Crippen LogP contribution < -0.4 is 5.32 Å². The Hall–Kier alpha value is -0.830. The minimum Gasteiger partial charge on any atom is -0.396 e. The van der Waals surface area contributed by atoms with E-state index >= 15 is 0 Å². The fourth-order valence-corrected chi connectivity index (χ4v) is 0.814. The number of hydrogen-bond acceptors (Lipinski definition) is 2. The van der Waals surface area contributed by atoms with E-state index in [1.807, 2.05) is 0 Å². The summed E-state index contributed by atoms with van der Waals surface area (Å²) in [5.41, 5.74) is 0. The summed E-state index contributed by atoms with van der Waals surface area (Å²) in [4.78, 5) is 10.6. The van der Waals surface area contributed by atoms with Crippen molar-refractivity contribution in [3.8, 4) is 0 Å². The maximum atomic E-state index is 10.6. The lowest BCUT2D eigenvalue weighted by atomic mass is 10.1. The van der Waals surface area contributed by atoms with Crippen LogP contribution in [0.3, 0.4) is 0 Å². The molecule has 16 heavy (non-hydrogen) atoms. The lowest BCUT2D eigenvalue weighted by Crippen LogP contribution is -2.22. The summed E-state index contributed by atoms with van der Waals surface area (Å²) >= 11 is 0. The second-order valence-electron chi connectivity index (χ2n) is 4.58. The molecule has 2 N–H and O–H groups in total. The first-order valence-corrected chi connectivity index (χ1v) is 5.95. The SMILES string of the molecule is C=CC(=O)NCCC(C)C.CC(C)CCO. The summed E-state index contributed by atoms with van der Waals surface area (Å²) in [7, 11) is 0. The zero-order valence-electron chi connectivity index (χ0n) is 11.1. The molecule has 0 aliphatic carbocycles. The highest BCUT2D eigenvalue weighted by atomic mass is 16.3. The molecule has 0 saturated carbocycles. The van der Waals surface area contributed by atoms with Gasteiger partial charge in [0.15, 0.2) is 0 Å². The van der Waals surface area contributed by atoms with E-state index in [-0.39, 0.29) is 5.91 Å². The van der Waals surface area contributed by atoms with Crippen LogP contribution in [0.1, 0.15) is 40.5 Å². The molecule has 1 amide bonds. The van der Waals surface area contributed by atoms with Gasteiger partial charge in [0.1, 0.15) is 0 Å². The lowest BCUT2D eigenvalue weighted by molar-refractivity contribution is -0.116. The summed E-state index contributed by atoms with van der Waals surface area (Å²) in [6.45, 7) is 12.9. The summed E-state index contributed by atoms with van der Waals surface area (Å²) in [6.07, 6.45) is 3.25. The van der Waals surface area contributed by atoms with Crippen molar-refractivity contribution < 1.29 is 9.90 Å². The zero-order chi connectivity index (χ0) is 13.0. The molecule has 0 aromatic rings. The Bertz CT molecular complexity index is 177. The molecule has 0 heterocycles. The van der Waals surface area contributed by atoms with E-state index in [1.54, 1.807) is 0 Å². The topological polar surface area (TPSA) is 49.3 Å². The third-order valence-electron chi connectivity index (χ3n) is 1.91. The predicted molar refractivity (Wildman–Crippen MR) is 69.2 cm³/mol. The third-order valence-corrected chi connectivity index (χ3v) is 1.91. The van der Waals surface area contributed by atoms with Crippen LogP contribution in [0.15, 0.2) is 12.7 Å². The normalized spacial score (nSPS) is 9.69. The second-order valence-corrected chi connectivity index (χ2v) is 4.58. The molecule has 0 spiro atoms. The van der Waals surface area contributed by atoms with Crippen molar-refractivity contribution in [3.05, 3.63) is 12.7 Å². The number of nitrogens with one attached hydrogen (secondary N) is 1. The fraction of sp³-hybridized carbons (Fsp3) is 0.769. The van der Waals surface area contributed by atoms with Crippen LogP contribution in [0.25, 0.3) is 0 Å². The minimum atomic E-state index is -0.0827. The van der Waals surface area contributed by atoms with Crippen molar-refractivity contribution in [1.82, 2.24) is 5.32 Å². The van der Waals surface area contributed by atoms with E-state index in [0.717, 1.165) is 19.4 Å². The van der Waals surface area contributed by atoms with Crippen molar-refractivity contribution in [2.75, 3.05) is 13.2 Å². The number of hydrogen-bond donors (Lipinski definition) is 2. The average molecular weight is 229 g/mol. The predicted octanol–water partition coefficient (Wildman–Crippen LogP) is 2.36. The van der Waals surface area contributed by atoms with Gasteiger partial charge >= 0.3 is 0 Å². The van der Waals surface area contributed by atoms with Gasteiger partial charge < -0.3 is 10.4 Å². The van der Waals surface area contributed by atoms with Crippen LogP contribution in [0.5, 0.6) is 0 Å². The summed E-state index contributed by atoms with van der Waals surface area (Å²) < 4.78 is 0. The molecule has 0 rings (SSSR count). The Labute approximate surface area is 99.9 Å². The third kappa shape index (κ3) is 18.9. The van der Waals surface area contributed by atoms with Gasteiger partial charge in [0.05, 0.1) is 0 Å². The maximum Gasteiger partial charge on any atom is 0.243 e. The number of carbonyl (C=O) groups is 1. The molecule has 0 bridgehead atoms. The van der Waals surface area contributed by atoms with E-state index in [2.05, 4.69) is 39.6 Å². The molecular formula is C13H27NO2. The Morgan fingerprint density at radius 1 is 1.25 bits per heavy atom. The first kappa shape index (κ1) is 17.6. The smallest absolute Gasteiger partial charge is 0.243 e. The number of aliphatic hydroxyl groups is 1. The van der Waals surface area contributed by atoms with Gasteiger partial charge in [-0.1, -0.05) is 34.3 Å². The number of rotatable bonds is 6. The Balaban J connectivity index is 0. The van der Waals surface area contributed by atoms with Gasteiger partial charge in [0.2, 0.25) is 5.91 Å². The average Bonchev–Trinajstić information content (AvgIpc) is 2.17. The number of aliphatic hydroxyl groups excluding tert-OH is 1. The molecule has 0 fully saturated rings. The van der Waals surface area contributed by atoms with Crippen LogP contribution in [0, 0.1) is 11.8 Å². The van der Waals surface area contributed by atoms with Crippen LogP contribution >= 0.6 is 0 Å². The van der Waals surface area contributed by atoms with Crippen LogP contribution in [-0.2, 0) is 4.79 Å². The summed E-state index contributed by atoms with van der Waals surface area (Å²) in [5.74, 6) is 1.21. The molecule has 0 atom stereocenters. The quantitative estimate of drug-likeness (QED) is 0.687. The van der Waals surface area contributed by atoms with Crippen molar-refractivity contribution in [3.63, 3.8) is 0 Å². The molecule has 0 aliphatic rings. The molecular weight excluding hydrogens is 202 g/mol. The first-order chi connectivity index (χ1) is 7.43. The van der Waals surface area contributed by atoms with E-state index in [1.165, 1.54) is 6.08 Å². The van der Waals surface area contributed by atoms with Crippen molar-refractivity contribution in [2.24, 2.45) is 11.8 Å². The van der Waals surface area contributed by atoms with Crippen molar-refractivity contribution in [2.45, 2.75) is 40.5 Å². The highest BCUT2D eigenvalue weighted by Gasteiger charge is 1.94. The molecule has 96 valence electrons. The lowest BCUT2D eigenvalue weighted by Gasteiger charge is -2.03. The fourth-order valence-electron chi connectivity index (χ4n) is 0.814. The van der Waals surface area contributed by atoms with Gasteiger partial charge in [-0.25, -0.2) is 0 Å². The molecule has 0 aromatic carbocycles. The highest BCUT2D eigenvalue weighted by Crippen LogP contribution is 1.96. The summed E-state index contributed by atoms with van der Waals surface area (Å²) in [5, 5.41) is 10.9. The van der Waals surface area contributed by atoms with Crippen LogP contribution in [0.4, 0.5) is 0 Å². The molecule has 3 heteroatoms. The van der Waals surface area contributed by atoms with E-state index in [0.29, 0.717) is 18.4 Å². The van der Waals surface area contributed by atoms with Gasteiger partial charge in [-0.05, 0) is 30.8 Å². The minimum absolute atomic E-state index is 0.0827. The van der Waals surface area contributed by atoms with Gasteiger partial charge in [-0.15, -0.1) is 0 Å². The van der Waals surface area contributed by atoms with E-state index in [4.69, 9.17) is 5.11 Å². The molecule has 0 aliphatic heterocycles. The molecule has 3 nitrogen and oxygen atoms in total. The van der Waals surface area contributed by atoms with E-state index in [9.17, 15) is 4.79 Å². The largest absolute Gasteiger partial charge is 0.396 e. The Kier molecular flexibility index (Phi) is 13.4. The molecule has 0 unspecified atom stereocenters. The van der Waals surface area contributed by atoms with Gasteiger partial charge in [0, 0.05) is 13.2 Å². The number of carbonyl (C=O) groups excluding carboxylic acids is 1. The second kappa shape index (κ2) is 12.2. The highest BCUT2D eigenvalue weighted by molar-refractivity contribution is 5.86. The van der Waals surface area contributed by atoms with Crippen molar-refractivity contribution >= 4 is 5.91 Å². The van der Waals surface area contributed by atoms with Crippen molar-refractivity contribution in [1.29, 1.82) is 0 Å². The molecule has 0 aromatic heterocycles. The standard InChI is InChI=1S/C8H15NO.C5H12O/c1-4-8(10)9-6-5-7(2)3;1-5(2)3-4-6/h4,7H,1,5-6H2,2-3H3,(H,9,10);5-6H,3-4H2,1-2H3. The van der Waals surface area contributed by atoms with Gasteiger partial charge in [-0.3, -0.25) is 4.79 Å². The van der Waals surface area contributed by atoms with Gasteiger partial charge in [0.25, 0.3) is 0 Å². The van der Waals surface area contributed by atoms with Gasteiger partial charge in [-0.2, -0.15) is 0 Å².